The van der Waals surface area contributed by atoms with Gasteiger partial charge in [0.2, 0.25) is 0 Å². The van der Waals surface area contributed by atoms with Gasteiger partial charge in [0.15, 0.2) is 0 Å². The molecule has 1 fully saturated rings. The Morgan fingerprint density at radius 3 is 2.29 bits per heavy atom. The van der Waals surface area contributed by atoms with Gasteiger partial charge >= 0.3 is 0 Å². The Morgan fingerprint density at radius 1 is 1.12 bits per heavy atom. The number of hydrogen-bond donors (Lipinski definition) is 1. The molecular weight excluding hydrogens is 210 g/mol. The summed E-state index contributed by atoms with van der Waals surface area (Å²) in [6.07, 6.45) is 6.66. The molecule has 1 saturated carbocycles. The molecule has 1 N–H and O–H groups in total. The highest BCUT2D eigenvalue weighted by Gasteiger charge is 2.30. The first-order chi connectivity index (χ1) is 7.72. The summed E-state index contributed by atoms with van der Waals surface area (Å²) in [4.78, 5) is 0. The highest BCUT2D eigenvalue weighted by molar-refractivity contribution is 4.89. The van der Waals surface area contributed by atoms with Crippen LogP contribution in [0.3, 0.4) is 0 Å². The zero-order valence-corrected chi connectivity index (χ0v) is 12.6. The summed E-state index contributed by atoms with van der Waals surface area (Å²) >= 11 is 0. The van der Waals surface area contributed by atoms with E-state index in [0.29, 0.717) is 17.6 Å². The Hall–Kier alpha value is -0.0800. The van der Waals surface area contributed by atoms with E-state index in [9.17, 15) is 0 Å². The summed E-state index contributed by atoms with van der Waals surface area (Å²) in [6.45, 7) is 11.6. The third-order valence-electron chi connectivity index (χ3n) is 3.53. The Bertz CT molecular complexity index is 230. The number of hydrogen-bond acceptors (Lipinski definition) is 2. The first-order valence-corrected chi connectivity index (χ1v) is 7.02. The second-order valence-electron chi connectivity index (χ2n) is 7.49. The maximum atomic E-state index is 5.50. The number of nitrogens with one attached hydrogen (secondary N) is 1. The second-order valence-corrected chi connectivity index (χ2v) is 7.49. The third kappa shape index (κ3) is 5.87. The molecule has 2 heteroatoms. The van der Waals surface area contributed by atoms with Crippen LogP contribution in [0.2, 0.25) is 0 Å². The molecular formula is C15H31NO. The van der Waals surface area contributed by atoms with Crippen LogP contribution >= 0.6 is 0 Å². The minimum atomic E-state index is 0.221. The standard InChI is InChI=1S/C15H31NO/c1-14(2,3)11-15(4,5)16-12-8-7-9-13(10-12)17-6/h12-13,16H,7-11H2,1-6H3. The molecule has 0 aromatic carbocycles. The summed E-state index contributed by atoms with van der Waals surface area (Å²) in [5, 5.41) is 3.84. The van der Waals surface area contributed by atoms with Crippen LogP contribution in [0.5, 0.6) is 0 Å². The van der Waals surface area contributed by atoms with Crippen molar-refractivity contribution in [3.05, 3.63) is 0 Å². The zero-order valence-electron chi connectivity index (χ0n) is 12.6. The highest BCUT2D eigenvalue weighted by Crippen LogP contribution is 2.29. The molecule has 1 rings (SSSR count). The molecule has 1 aliphatic rings. The maximum absolute atomic E-state index is 5.50. The predicted molar refractivity (Wildman–Crippen MR) is 74.3 cm³/mol. The molecule has 0 amide bonds. The molecule has 2 nitrogen and oxygen atoms in total. The molecule has 0 aromatic heterocycles. The summed E-state index contributed by atoms with van der Waals surface area (Å²) in [5.41, 5.74) is 0.602. The van der Waals surface area contributed by atoms with Gasteiger partial charge in [-0.3, -0.25) is 0 Å². The molecule has 0 spiro atoms. The van der Waals surface area contributed by atoms with E-state index in [1.165, 1.54) is 32.1 Å². The van der Waals surface area contributed by atoms with E-state index in [2.05, 4.69) is 39.9 Å². The monoisotopic (exact) mass is 241 g/mol. The number of methoxy groups -OCH3 is 1. The van der Waals surface area contributed by atoms with Gasteiger partial charge in [0, 0.05) is 18.7 Å². The molecule has 0 saturated heterocycles. The van der Waals surface area contributed by atoms with E-state index >= 15 is 0 Å². The fraction of sp³-hybridized carbons (Fsp3) is 1.00. The number of ether oxygens (including phenoxy) is 1. The van der Waals surface area contributed by atoms with E-state index in [1.807, 2.05) is 7.11 Å². The topological polar surface area (TPSA) is 21.3 Å². The van der Waals surface area contributed by atoms with Crippen LogP contribution < -0.4 is 5.32 Å². The average Bonchev–Trinajstić information content (AvgIpc) is 2.13. The minimum Gasteiger partial charge on any atom is -0.381 e. The lowest BCUT2D eigenvalue weighted by Crippen LogP contribution is -2.50. The molecule has 17 heavy (non-hydrogen) atoms. The van der Waals surface area contributed by atoms with Crippen molar-refractivity contribution in [3.63, 3.8) is 0 Å². The number of rotatable bonds is 4. The van der Waals surface area contributed by atoms with Crippen LogP contribution in [0.1, 0.15) is 66.7 Å². The van der Waals surface area contributed by atoms with Crippen molar-refractivity contribution < 1.29 is 4.74 Å². The van der Waals surface area contributed by atoms with Crippen LogP contribution in [-0.4, -0.2) is 24.8 Å². The van der Waals surface area contributed by atoms with Gasteiger partial charge in [0.1, 0.15) is 0 Å². The van der Waals surface area contributed by atoms with Crippen molar-refractivity contribution in [2.45, 2.75) is 84.4 Å². The molecule has 2 unspecified atom stereocenters. The van der Waals surface area contributed by atoms with E-state index in [1.54, 1.807) is 0 Å². The Labute approximate surface area is 108 Å². The van der Waals surface area contributed by atoms with Crippen molar-refractivity contribution in [3.8, 4) is 0 Å². The fourth-order valence-corrected chi connectivity index (χ4v) is 3.42. The van der Waals surface area contributed by atoms with E-state index < -0.39 is 0 Å². The van der Waals surface area contributed by atoms with Crippen molar-refractivity contribution >= 4 is 0 Å². The van der Waals surface area contributed by atoms with Gasteiger partial charge in [0.05, 0.1) is 6.10 Å². The van der Waals surface area contributed by atoms with E-state index in [0.717, 1.165) is 0 Å². The Morgan fingerprint density at radius 2 is 1.76 bits per heavy atom. The Balaban J connectivity index is 2.46. The lowest BCUT2D eigenvalue weighted by Gasteiger charge is -2.39. The molecule has 0 radical (unpaired) electrons. The highest BCUT2D eigenvalue weighted by atomic mass is 16.5. The summed E-state index contributed by atoms with van der Waals surface area (Å²) < 4.78 is 5.50. The predicted octanol–water partition coefficient (Wildman–Crippen LogP) is 3.75. The summed E-state index contributed by atoms with van der Waals surface area (Å²) in [6, 6.07) is 0.631. The fourth-order valence-electron chi connectivity index (χ4n) is 3.42. The molecule has 0 bridgehead atoms. The average molecular weight is 241 g/mol. The minimum absolute atomic E-state index is 0.221. The Kier molecular flexibility index (Phi) is 5.03. The van der Waals surface area contributed by atoms with Crippen molar-refractivity contribution in [1.29, 1.82) is 0 Å². The van der Waals surface area contributed by atoms with E-state index in [4.69, 9.17) is 4.74 Å². The summed E-state index contributed by atoms with van der Waals surface area (Å²) in [7, 11) is 1.84. The SMILES string of the molecule is COC1CCCC(NC(C)(C)CC(C)(C)C)C1. The van der Waals surface area contributed by atoms with Crippen LogP contribution in [0.25, 0.3) is 0 Å². The normalized spacial score (nSPS) is 27.2. The maximum Gasteiger partial charge on any atom is 0.0586 e. The lowest BCUT2D eigenvalue weighted by molar-refractivity contribution is 0.0516. The third-order valence-corrected chi connectivity index (χ3v) is 3.53. The van der Waals surface area contributed by atoms with Crippen LogP contribution in [0, 0.1) is 5.41 Å². The van der Waals surface area contributed by atoms with Crippen LogP contribution in [-0.2, 0) is 4.74 Å². The molecule has 102 valence electrons. The van der Waals surface area contributed by atoms with Gasteiger partial charge in [-0.2, -0.15) is 0 Å². The van der Waals surface area contributed by atoms with Crippen LogP contribution in [0.15, 0.2) is 0 Å². The quantitative estimate of drug-likeness (QED) is 0.809. The molecule has 0 heterocycles. The first-order valence-electron chi connectivity index (χ1n) is 7.02. The molecule has 2 atom stereocenters. The van der Waals surface area contributed by atoms with Crippen LogP contribution in [0.4, 0.5) is 0 Å². The molecule has 0 aromatic rings. The van der Waals surface area contributed by atoms with Gasteiger partial charge in [-0.1, -0.05) is 20.8 Å². The second kappa shape index (κ2) is 5.71. The van der Waals surface area contributed by atoms with Crippen molar-refractivity contribution in [2.75, 3.05) is 7.11 Å². The van der Waals surface area contributed by atoms with Gasteiger partial charge < -0.3 is 10.1 Å². The lowest BCUT2D eigenvalue weighted by atomic mass is 9.80. The van der Waals surface area contributed by atoms with Gasteiger partial charge in [-0.15, -0.1) is 0 Å². The van der Waals surface area contributed by atoms with Gasteiger partial charge in [-0.05, 0) is 51.4 Å². The molecule has 0 aliphatic heterocycles. The van der Waals surface area contributed by atoms with Crippen molar-refractivity contribution in [1.82, 2.24) is 5.32 Å². The zero-order chi connectivity index (χ0) is 13.1. The smallest absolute Gasteiger partial charge is 0.0586 e. The summed E-state index contributed by atoms with van der Waals surface area (Å²) in [5.74, 6) is 0. The van der Waals surface area contributed by atoms with Gasteiger partial charge in [0.25, 0.3) is 0 Å². The largest absolute Gasteiger partial charge is 0.381 e. The van der Waals surface area contributed by atoms with Crippen molar-refractivity contribution in [2.24, 2.45) is 5.41 Å². The van der Waals surface area contributed by atoms with E-state index in [-0.39, 0.29) is 5.54 Å². The molecule has 1 aliphatic carbocycles. The van der Waals surface area contributed by atoms with Gasteiger partial charge in [-0.25, -0.2) is 0 Å². The first kappa shape index (κ1) is 15.0.